The first kappa shape index (κ1) is 25.1. The first-order valence-electron chi connectivity index (χ1n) is 10.7. The van der Waals surface area contributed by atoms with Gasteiger partial charge in [-0.3, -0.25) is 4.79 Å². The minimum atomic E-state index is -2.91. The van der Waals surface area contributed by atoms with Gasteiger partial charge in [-0.2, -0.15) is 0 Å². The van der Waals surface area contributed by atoms with E-state index in [0.29, 0.717) is 0 Å². The molecule has 10 heteroatoms. The highest BCUT2D eigenvalue weighted by molar-refractivity contribution is 5.89. The van der Waals surface area contributed by atoms with E-state index in [-0.39, 0.29) is 19.1 Å². The summed E-state index contributed by atoms with van der Waals surface area (Å²) in [7, 11) is 3.29. The molecule has 0 heterocycles. The molecule has 0 aliphatic heterocycles. The van der Waals surface area contributed by atoms with Gasteiger partial charge in [0.2, 0.25) is 12.3 Å². The van der Waals surface area contributed by atoms with Crippen LogP contribution in [0.15, 0.2) is 48.5 Å². The molecule has 0 spiro atoms. The summed E-state index contributed by atoms with van der Waals surface area (Å²) in [4.78, 5) is 37.9. The number of likely N-dealkylation sites (N-methyl/N-ethyl adjacent to an activating group) is 1. The van der Waals surface area contributed by atoms with Gasteiger partial charge in [0.1, 0.15) is 18.7 Å². The van der Waals surface area contributed by atoms with Crippen LogP contribution in [0.3, 0.4) is 0 Å². The molecule has 34 heavy (non-hydrogen) atoms. The first-order valence-corrected chi connectivity index (χ1v) is 10.7. The number of alkyl carbamates (subject to hydrolysis) is 1. The Kier molecular flexibility index (Phi) is 8.17. The highest BCUT2D eigenvalue weighted by Crippen LogP contribution is 2.44. The minimum Gasteiger partial charge on any atom is -0.480 e. The van der Waals surface area contributed by atoms with Gasteiger partial charge >= 0.3 is 12.1 Å². The summed E-state index contributed by atoms with van der Waals surface area (Å²) in [6.07, 6.45) is -4.82. The number of amides is 2. The van der Waals surface area contributed by atoms with Crippen molar-refractivity contribution in [3.05, 3.63) is 59.7 Å². The van der Waals surface area contributed by atoms with Gasteiger partial charge in [-0.1, -0.05) is 48.5 Å². The van der Waals surface area contributed by atoms with Gasteiger partial charge in [-0.15, -0.1) is 0 Å². The molecule has 0 aromatic heterocycles. The summed E-state index contributed by atoms with van der Waals surface area (Å²) in [6.45, 7) is 0.0380. The van der Waals surface area contributed by atoms with Crippen molar-refractivity contribution in [2.45, 2.75) is 30.8 Å². The zero-order chi connectivity index (χ0) is 24.8. The lowest BCUT2D eigenvalue weighted by Crippen LogP contribution is -2.55. The molecular formula is C24H27F2N3O5. The monoisotopic (exact) mass is 475 g/mol. The van der Waals surface area contributed by atoms with Crippen LogP contribution in [0.2, 0.25) is 0 Å². The van der Waals surface area contributed by atoms with Gasteiger partial charge in [0, 0.05) is 18.9 Å². The van der Waals surface area contributed by atoms with Gasteiger partial charge in [0.15, 0.2) is 0 Å². The van der Waals surface area contributed by atoms with E-state index < -0.39 is 42.9 Å². The number of alkyl halides is 2. The number of halogens is 2. The molecule has 3 N–H and O–H groups in total. The van der Waals surface area contributed by atoms with Crippen LogP contribution < -0.4 is 10.6 Å². The maximum atomic E-state index is 12.7. The SMILES string of the molecule is CN(C)C[C@H](NC(=O)OCC1c2ccccc2-c2ccccc21)C(=O)NC(CC(F)F)C(=O)O. The summed E-state index contributed by atoms with van der Waals surface area (Å²) >= 11 is 0. The largest absolute Gasteiger partial charge is 0.480 e. The van der Waals surface area contributed by atoms with Crippen LogP contribution in [0.25, 0.3) is 11.1 Å². The van der Waals surface area contributed by atoms with Crippen molar-refractivity contribution in [1.29, 1.82) is 0 Å². The fourth-order valence-electron chi connectivity index (χ4n) is 4.01. The highest BCUT2D eigenvalue weighted by atomic mass is 19.3. The van der Waals surface area contributed by atoms with Crippen molar-refractivity contribution in [2.75, 3.05) is 27.2 Å². The molecule has 3 rings (SSSR count). The molecule has 1 aliphatic carbocycles. The number of carboxylic acids is 1. The van der Waals surface area contributed by atoms with Gasteiger partial charge in [0.25, 0.3) is 0 Å². The maximum Gasteiger partial charge on any atom is 0.407 e. The third-order valence-corrected chi connectivity index (χ3v) is 5.53. The number of carbonyl (C=O) groups excluding carboxylic acids is 2. The van der Waals surface area contributed by atoms with Crippen molar-refractivity contribution in [1.82, 2.24) is 15.5 Å². The Morgan fingerprint density at radius 1 is 0.971 bits per heavy atom. The lowest BCUT2D eigenvalue weighted by atomic mass is 9.98. The second-order valence-electron chi connectivity index (χ2n) is 8.31. The number of nitrogens with zero attached hydrogens (tertiary/aromatic N) is 1. The van der Waals surface area contributed by atoms with Gasteiger partial charge < -0.3 is 25.4 Å². The number of hydrogen-bond donors (Lipinski definition) is 3. The lowest BCUT2D eigenvalue weighted by molar-refractivity contribution is -0.143. The predicted octanol–water partition coefficient (Wildman–Crippen LogP) is 2.68. The fourth-order valence-corrected chi connectivity index (χ4v) is 4.01. The molecule has 182 valence electrons. The third kappa shape index (κ3) is 6.07. The number of hydrogen-bond acceptors (Lipinski definition) is 5. The lowest BCUT2D eigenvalue weighted by Gasteiger charge is -2.24. The highest BCUT2D eigenvalue weighted by Gasteiger charge is 2.31. The molecule has 1 aliphatic rings. The van der Waals surface area contributed by atoms with Crippen LogP contribution in [0.1, 0.15) is 23.5 Å². The maximum absolute atomic E-state index is 12.7. The van der Waals surface area contributed by atoms with Crippen molar-refractivity contribution in [2.24, 2.45) is 0 Å². The number of benzene rings is 2. The molecule has 2 atom stereocenters. The van der Waals surface area contributed by atoms with Crippen LogP contribution in [0.4, 0.5) is 13.6 Å². The Labute approximate surface area is 195 Å². The number of rotatable bonds is 10. The van der Waals surface area contributed by atoms with E-state index in [0.717, 1.165) is 22.3 Å². The molecule has 0 bridgehead atoms. The number of nitrogens with one attached hydrogen (secondary N) is 2. The van der Waals surface area contributed by atoms with Gasteiger partial charge in [-0.25, -0.2) is 18.4 Å². The van der Waals surface area contributed by atoms with E-state index >= 15 is 0 Å². The van der Waals surface area contributed by atoms with E-state index in [1.54, 1.807) is 19.0 Å². The number of ether oxygens (including phenoxy) is 1. The van der Waals surface area contributed by atoms with E-state index in [1.165, 1.54) is 0 Å². The normalized spacial score (nSPS) is 14.3. The number of carbonyl (C=O) groups is 3. The van der Waals surface area contributed by atoms with E-state index in [2.05, 4.69) is 10.6 Å². The second-order valence-corrected chi connectivity index (χ2v) is 8.31. The number of fused-ring (bicyclic) bond motifs is 3. The van der Waals surface area contributed by atoms with Crippen LogP contribution in [0.5, 0.6) is 0 Å². The quantitative estimate of drug-likeness (QED) is 0.488. The molecule has 0 saturated heterocycles. The standard InChI is InChI=1S/C24H27F2N3O5/c1-29(2)12-20(22(30)27-19(23(31)32)11-21(25)26)28-24(33)34-13-18-16-9-5-3-7-14(16)15-8-4-6-10-17(15)18/h3-10,18-21H,11-13H2,1-2H3,(H,27,30)(H,28,33)(H,31,32)/t19?,20-/m0/s1. The molecule has 0 saturated carbocycles. The van der Waals surface area contributed by atoms with Crippen molar-refractivity contribution >= 4 is 18.0 Å². The van der Waals surface area contributed by atoms with Gasteiger partial charge in [0.05, 0.1) is 0 Å². The fraction of sp³-hybridized carbons (Fsp3) is 0.375. The smallest absolute Gasteiger partial charge is 0.407 e. The van der Waals surface area contributed by atoms with Crippen LogP contribution in [-0.4, -0.2) is 73.7 Å². The van der Waals surface area contributed by atoms with Crippen LogP contribution >= 0.6 is 0 Å². The Balaban J connectivity index is 1.66. The summed E-state index contributed by atoms with van der Waals surface area (Å²) in [5.74, 6) is -2.66. The predicted molar refractivity (Wildman–Crippen MR) is 121 cm³/mol. The van der Waals surface area contributed by atoms with Crippen LogP contribution in [-0.2, 0) is 14.3 Å². The zero-order valence-electron chi connectivity index (χ0n) is 18.8. The summed E-state index contributed by atoms with van der Waals surface area (Å²) in [6, 6.07) is 12.7. The molecule has 1 unspecified atom stereocenters. The summed E-state index contributed by atoms with van der Waals surface area (Å²) in [5, 5.41) is 13.6. The Morgan fingerprint density at radius 3 is 2.03 bits per heavy atom. The molecule has 2 amide bonds. The first-order chi connectivity index (χ1) is 16.2. The Bertz CT molecular complexity index is 1000. The Morgan fingerprint density at radius 2 is 1.53 bits per heavy atom. The third-order valence-electron chi connectivity index (χ3n) is 5.53. The minimum absolute atomic E-state index is 0.0110. The number of aliphatic carboxylic acids is 1. The zero-order valence-corrected chi connectivity index (χ0v) is 18.8. The molecule has 2 aromatic carbocycles. The van der Waals surface area contributed by atoms with Crippen LogP contribution in [0, 0.1) is 0 Å². The van der Waals surface area contributed by atoms with E-state index in [1.807, 2.05) is 48.5 Å². The second kappa shape index (κ2) is 11.1. The average molecular weight is 475 g/mol. The number of carboxylic acid groups (broad SMARTS) is 1. The molecule has 0 radical (unpaired) electrons. The van der Waals surface area contributed by atoms with Crippen molar-refractivity contribution in [3.8, 4) is 11.1 Å². The Hall–Kier alpha value is -3.53. The molecule has 2 aromatic rings. The molecule has 0 fully saturated rings. The average Bonchev–Trinajstić information content (AvgIpc) is 3.10. The van der Waals surface area contributed by atoms with E-state index in [9.17, 15) is 23.2 Å². The molecular weight excluding hydrogens is 448 g/mol. The molecule has 8 nitrogen and oxygen atoms in total. The van der Waals surface area contributed by atoms with Crippen molar-refractivity contribution < 1.29 is 33.0 Å². The van der Waals surface area contributed by atoms with E-state index in [4.69, 9.17) is 9.84 Å². The summed E-state index contributed by atoms with van der Waals surface area (Å²) in [5.41, 5.74) is 4.18. The van der Waals surface area contributed by atoms with Gasteiger partial charge in [-0.05, 0) is 36.3 Å². The van der Waals surface area contributed by atoms with Crippen molar-refractivity contribution in [3.63, 3.8) is 0 Å². The summed E-state index contributed by atoms with van der Waals surface area (Å²) < 4.78 is 30.8. The topological polar surface area (TPSA) is 108 Å².